The summed E-state index contributed by atoms with van der Waals surface area (Å²) in [6.07, 6.45) is 7.89. The fourth-order valence-corrected chi connectivity index (χ4v) is 5.12. The molecule has 3 unspecified atom stereocenters. The van der Waals surface area contributed by atoms with Crippen molar-refractivity contribution in [3.63, 3.8) is 0 Å². The largest absolute Gasteiger partial charge is 0.497 e. The summed E-state index contributed by atoms with van der Waals surface area (Å²) in [4.78, 5) is 23.8. The van der Waals surface area contributed by atoms with Gasteiger partial charge in [0.25, 0.3) is 0 Å². The van der Waals surface area contributed by atoms with Crippen molar-refractivity contribution in [2.45, 2.75) is 57.8 Å². The molecule has 2 aliphatic rings. The minimum atomic E-state index is -0.752. The summed E-state index contributed by atoms with van der Waals surface area (Å²) < 4.78 is 5.35. The third-order valence-electron chi connectivity index (χ3n) is 6.43. The van der Waals surface area contributed by atoms with Crippen LogP contribution in [0, 0.1) is 17.3 Å². The van der Waals surface area contributed by atoms with E-state index >= 15 is 0 Å². The van der Waals surface area contributed by atoms with Gasteiger partial charge < -0.3 is 15.2 Å². The van der Waals surface area contributed by atoms with Crippen LogP contribution in [0.15, 0.2) is 24.3 Å². The number of carbonyl (C=O) groups excluding carboxylic acids is 1. The first-order chi connectivity index (χ1) is 13.0. The summed E-state index contributed by atoms with van der Waals surface area (Å²) in [5.74, 6) is 1.43. The zero-order valence-corrected chi connectivity index (χ0v) is 16.2. The summed E-state index contributed by atoms with van der Waals surface area (Å²) in [5.41, 5.74) is 0.870. The van der Waals surface area contributed by atoms with E-state index in [-0.39, 0.29) is 17.7 Å². The standard InChI is InChI=1S/C22H31NO4/c1-27-19-7-5-6-16(13-19)14-22(15-17-9-10-18(22)12-17)21(26)23-11-4-2-3-8-20(24)25/h5-7,13,17-18H,2-4,8-12,14-15H2,1H3,(H,23,26)(H,24,25). The summed E-state index contributed by atoms with van der Waals surface area (Å²) in [6, 6.07) is 8.08. The lowest BCUT2D eigenvalue weighted by atomic mass is 9.68. The van der Waals surface area contributed by atoms with E-state index in [0.29, 0.717) is 24.8 Å². The molecular formula is C22H31NO4. The lowest BCUT2D eigenvalue weighted by molar-refractivity contribution is -0.137. The minimum absolute atomic E-state index is 0.191. The number of carboxylic acids is 1. The normalized spacial score (nSPS) is 26.1. The van der Waals surface area contributed by atoms with Crippen LogP contribution in [-0.2, 0) is 16.0 Å². The number of methoxy groups -OCH3 is 1. The van der Waals surface area contributed by atoms with Crippen LogP contribution >= 0.6 is 0 Å². The molecule has 2 N–H and O–H groups in total. The SMILES string of the molecule is COc1cccc(CC2(C(=O)NCCCCCC(=O)O)CC3CCC2C3)c1. The number of aliphatic carboxylic acids is 1. The molecule has 3 atom stereocenters. The molecule has 1 aromatic rings. The van der Waals surface area contributed by atoms with Crippen molar-refractivity contribution in [2.24, 2.45) is 17.3 Å². The Kier molecular flexibility index (Phi) is 6.40. The van der Waals surface area contributed by atoms with Crippen molar-refractivity contribution in [1.82, 2.24) is 5.32 Å². The molecule has 2 saturated carbocycles. The second-order valence-electron chi connectivity index (χ2n) is 8.22. The van der Waals surface area contributed by atoms with E-state index in [1.54, 1.807) is 7.11 Å². The predicted octanol–water partition coefficient (Wildman–Crippen LogP) is 3.81. The molecular weight excluding hydrogens is 342 g/mol. The third-order valence-corrected chi connectivity index (χ3v) is 6.43. The van der Waals surface area contributed by atoms with Gasteiger partial charge in [0.15, 0.2) is 0 Å². The number of carboxylic acid groups (broad SMARTS) is 1. The first kappa shape index (κ1) is 19.7. The van der Waals surface area contributed by atoms with Gasteiger partial charge in [0, 0.05) is 13.0 Å². The van der Waals surface area contributed by atoms with E-state index < -0.39 is 5.97 Å². The van der Waals surface area contributed by atoms with Crippen LogP contribution in [0.1, 0.15) is 56.9 Å². The average Bonchev–Trinajstić information content (AvgIpc) is 3.26. The van der Waals surface area contributed by atoms with Crippen molar-refractivity contribution in [3.8, 4) is 5.75 Å². The molecule has 0 heterocycles. The number of amides is 1. The quantitative estimate of drug-likeness (QED) is 0.612. The fraction of sp³-hybridized carbons (Fsp3) is 0.636. The molecule has 2 fully saturated rings. The van der Waals surface area contributed by atoms with Gasteiger partial charge in [-0.15, -0.1) is 0 Å². The number of benzene rings is 1. The van der Waals surface area contributed by atoms with Gasteiger partial charge >= 0.3 is 5.97 Å². The highest BCUT2D eigenvalue weighted by Crippen LogP contribution is 2.57. The highest BCUT2D eigenvalue weighted by atomic mass is 16.5. The molecule has 5 heteroatoms. The van der Waals surface area contributed by atoms with E-state index in [2.05, 4.69) is 11.4 Å². The smallest absolute Gasteiger partial charge is 0.303 e. The number of hydrogen-bond donors (Lipinski definition) is 2. The van der Waals surface area contributed by atoms with E-state index in [4.69, 9.17) is 9.84 Å². The molecule has 0 aliphatic heterocycles. The Morgan fingerprint density at radius 3 is 2.78 bits per heavy atom. The van der Waals surface area contributed by atoms with Crippen LogP contribution in [0.2, 0.25) is 0 Å². The van der Waals surface area contributed by atoms with Crippen LogP contribution in [0.4, 0.5) is 0 Å². The van der Waals surface area contributed by atoms with Gasteiger partial charge in [-0.1, -0.05) is 25.0 Å². The van der Waals surface area contributed by atoms with E-state index in [1.807, 2.05) is 18.2 Å². The summed E-state index contributed by atoms with van der Waals surface area (Å²) in [5, 5.41) is 11.9. The number of ether oxygens (including phenoxy) is 1. The molecule has 148 valence electrons. The Bertz CT molecular complexity index is 674. The molecule has 3 rings (SSSR count). The predicted molar refractivity (Wildman–Crippen MR) is 104 cm³/mol. The maximum absolute atomic E-state index is 13.2. The monoisotopic (exact) mass is 373 g/mol. The Balaban J connectivity index is 1.61. The number of fused-ring (bicyclic) bond motifs is 2. The number of hydrogen-bond acceptors (Lipinski definition) is 3. The maximum atomic E-state index is 13.2. The van der Waals surface area contributed by atoms with Crippen molar-refractivity contribution < 1.29 is 19.4 Å². The highest BCUT2D eigenvalue weighted by Gasteiger charge is 2.55. The fourth-order valence-electron chi connectivity index (χ4n) is 5.12. The van der Waals surface area contributed by atoms with Gasteiger partial charge in [-0.05, 0) is 68.1 Å². The van der Waals surface area contributed by atoms with E-state index in [0.717, 1.165) is 37.9 Å². The molecule has 27 heavy (non-hydrogen) atoms. The van der Waals surface area contributed by atoms with Crippen molar-refractivity contribution in [1.29, 1.82) is 0 Å². The number of carbonyl (C=O) groups is 2. The molecule has 2 aliphatic carbocycles. The summed E-state index contributed by atoms with van der Waals surface area (Å²) in [7, 11) is 1.67. The third kappa shape index (κ3) is 4.63. The van der Waals surface area contributed by atoms with Crippen LogP contribution in [-0.4, -0.2) is 30.6 Å². The molecule has 5 nitrogen and oxygen atoms in total. The second-order valence-corrected chi connectivity index (χ2v) is 8.22. The van der Waals surface area contributed by atoms with Crippen LogP contribution in [0.25, 0.3) is 0 Å². The second kappa shape index (κ2) is 8.77. The first-order valence-electron chi connectivity index (χ1n) is 10.2. The maximum Gasteiger partial charge on any atom is 0.303 e. The Hall–Kier alpha value is -2.04. The number of rotatable bonds is 10. The number of unbranched alkanes of at least 4 members (excludes halogenated alkanes) is 2. The number of nitrogens with one attached hydrogen (secondary N) is 1. The van der Waals surface area contributed by atoms with Crippen LogP contribution < -0.4 is 10.1 Å². The highest BCUT2D eigenvalue weighted by molar-refractivity contribution is 5.84. The van der Waals surface area contributed by atoms with Crippen molar-refractivity contribution in [2.75, 3.05) is 13.7 Å². The van der Waals surface area contributed by atoms with Crippen LogP contribution in [0.5, 0.6) is 5.75 Å². The van der Waals surface area contributed by atoms with E-state index in [9.17, 15) is 9.59 Å². The van der Waals surface area contributed by atoms with Crippen LogP contribution in [0.3, 0.4) is 0 Å². The van der Waals surface area contributed by atoms with Gasteiger partial charge in [-0.3, -0.25) is 9.59 Å². The molecule has 0 aromatic heterocycles. The molecule has 1 aromatic carbocycles. The lowest BCUT2D eigenvalue weighted by Crippen LogP contribution is -2.46. The molecule has 0 saturated heterocycles. The zero-order valence-electron chi connectivity index (χ0n) is 16.2. The van der Waals surface area contributed by atoms with Gasteiger partial charge in [0.1, 0.15) is 5.75 Å². The summed E-state index contributed by atoms with van der Waals surface area (Å²) in [6.45, 7) is 0.635. The Labute approximate surface area is 161 Å². The molecule has 0 radical (unpaired) electrons. The summed E-state index contributed by atoms with van der Waals surface area (Å²) >= 11 is 0. The molecule has 0 spiro atoms. The van der Waals surface area contributed by atoms with E-state index in [1.165, 1.54) is 18.4 Å². The topological polar surface area (TPSA) is 75.6 Å². The van der Waals surface area contributed by atoms with Crippen molar-refractivity contribution in [3.05, 3.63) is 29.8 Å². The first-order valence-corrected chi connectivity index (χ1v) is 10.2. The molecule has 1 amide bonds. The molecule has 2 bridgehead atoms. The Morgan fingerprint density at radius 2 is 2.11 bits per heavy atom. The van der Waals surface area contributed by atoms with Gasteiger partial charge in [-0.2, -0.15) is 0 Å². The van der Waals surface area contributed by atoms with Gasteiger partial charge in [0.05, 0.1) is 12.5 Å². The zero-order chi connectivity index (χ0) is 19.3. The average molecular weight is 373 g/mol. The lowest BCUT2D eigenvalue weighted by Gasteiger charge is -2.36. The van der Waals surface area contributed by atoms with Crippen molar-refractivity contribution >= 4 is 11.9 Å². The van der Waals surface area contributed by atoms with Gasteiger partial charge in [0.2, 0.25) is 5.91 Å². The Morgan fingerprint density at radius 1 is 1.26 bits per heavy atom. The van der Waals surface area contributed by atoms with Gasteiger partial charge in [-0.25, -0.2) is 0 Å². The minimum Gasteiger partial charge on any atom is -0.497 e.